The van der Waals surface area contributed by atoms with Crippen LogP contribution in [0.15, 0.2) is 40.9 Å². The summed E-state index contributed by atoms with van der Waals surface area (Å²) in [6.07, 6.45) is 1.15. The SMILES string of the molecule is CC(C)N=C1CC(C)(C)CC(=O)/C1=C(/O)c1ccccc1. The number of carbonyl (C=O) groups excluding carboxylic acids is 1. The van der Waals surface area contributed by atoms with Crippen LogP contribution in [0.1, 0.15) is 46.1 Å². The average molecular weight is 285 g/mol. The second-order valence-electron chi connectivity index (χ2n) is 6.70. The van der Waals surface area contributed by atoms with Crippen LogP contribution in [-0.4, -0.2) is 22.6 Å². The fourth-order valence-electron chi connectivity index (χ4n) is 2.72. The lowest BCUT2D eigenvalue weighted by atomic mass is 9.73. The molecule has 0 heterocycles. The molecular formula is C18H23NO2. The first kappa shape index (κ1) is 15.5. The predicted octanol–water partition coefficient (Wildman–Crippen LogP) is 4.19. The molecule has 1 saturated carbocycles. The molecule has 1 N–H and O–H groups in total. The number of hydrogen-bond donors (Lipinski definition) is 1. The quantitative estimate of drug-likeness (QED) is 0.654. The summed E-state index contributed by atoms with van der Waals surface area (Å²) in [6.45, 7) is 8.10. The molecular weight excluding hydrogens is 262 g/mol. The number of rotatable bonds is 2. The lowest BCUT2D eigenvalue weighted by Crippen LogP contribution is -2.33. The fourth-order valence-corrected chi connectivity index (χ4v) is 2.72. The molecule has 3 nitrogen and oxygen atoms in total. The van der Waals surface area contributed by atoms with Crippen molar-refractivity contribution in [3.63, 3.8) is 0 Å². The number of carbonyl (C=O) groups is 1. The monoisotopic (exact) mass is 285 g/mol. The van der Waals surface area contributed by atoms with Crippen molar-refractivity contribution in [1.29, 1.82) is 0 Å². The maximum atomic E-state index is 12.5. The number of Topliss-reactive ketones (excluding diaryl/α,β-unsaturated/α-hetero) is 1. The van der Waals surface area contributed by atoms with Crippen molar-refractivity contribution in [3.05, 3.63) is 41.5 Å². The number of aliphatic imine (C=N–C) groups is 1. The smallest absolute Gasteiger partial charge is 0.168 e. The van der Waals surface area contributed by atoms with Crippen LogP contribution < -0.4 is 0 Å². The van der Waals surface area contributed by atoms with Gasteiger partial charge in [0, 0.05) is 18.0 Å². The summed E-state index contributed by atoms with van der Waals surface area (Å²) in [4.78, 5) is 17.1. The van der Waals surface area contributed by atoms with E-state index in [0.717, 1.165) is 5.71 Å². The molecule has 0 saturated heterocycles. The number of benzene rings is 1. The van der Waals surface area contributed by atoms with Gasteiger partial charge in [0.25, 0.3) is 0 Å². The van der Waals surface area contributed by atoms with Crippen LogP contribution in [-0.2, 0) is 4.79 Å². The van der Waals surface area contributed by atoms with E-state index >= 15 is 0 Å². The van der Waals surface area contributed by atoms with Gasteiger partial charge in [0.05, 0.1) is 11.3 Å². The van der Waals surface area contributed by atoms with Crippen LogP contribution in [0.2, 0.25) is 0 Å². The van der Waals surface area contributed by atoms with Crippen molar-refractivity contribution < 1.29 is 9.90 Å². The normalized spacial score (nSPS) is 22.7. The highest BCUT2D eigenvalue weighted by Gasteiger charge is 2.36. The number of hydrogen-bond acceptors (Lipinski definition) is 3. The van der Waals surface area contributed by atoms with Gasteiger partial charge in [-0.3, -0.25) is 9.79 Å². The number of ketones is 1. The number of aliphatic hydroxyl groups excluding tert-OH is 1. The van der Waals surface area contributed by atoms with Crippen molar-refractivity contribution in [2.45, 2.75) is 46.6 Å². The summed E-state index contributed by atoms with van der Waals surface area (Å²) in [5.41, 5.74) is 1.68. The number of aliphatic hydroxyl groups is 1. The van der Waals surface area contributed by atoms with Crippen molar-refractivity contribution in [1.82, 2.24) is 0 Å². The second-order valence-corrected chi connectivity index (χ2v) is 6.70. The van der Waals surface area contributed by atoms with Gasteiger partial charge in [0.15, 0.2) is 5.78 Å². The van der Waals surface area contributed by atoms with E-state index in [1.54, 1.807) is 0 Å². The lowest BCUT2D eigenvalue weighted by Gasteiger charge is -2.31. The maximum absolute atomic E-state index is 12.5. The second kappa shape index (κ2) is 5.84. The largest absolute Gasteiger partial charge is 0.506 e. The Balaban J connectivity index is 2.55. The summed E-state index contributed by atoms with van der Waals surface area (Å²) in [5.74, 6) is 0.0301. The molecule has 1 aromatic rings. The van der Waals surface area contributed by atoms with Gasteiger partial charge in [-0.2, -0.15) is 0 Å². The first-order valence-corrected chi connectivity index (χ1v) is 7.39. The van der Waals surface area contributed by atoms with E-state index in [0.29, 0.717) is 24.0 Å². The first-order valence-electron chi connectivity index (χ1n) is 7.39. The zero-order valence-electron chi connectivity index (χ0n) is 13.2. The molecule has 1 aliphatic carbocycles. The standard InChI is InChI=1S/C18H23NO2/c1-12(2)19-14-10-18(3,4)11-15(20)16(14)17(21)13-8-6-5-7-9-13/h5-9,12,21H,10-11H2,1-4H3/b17-16+,19-14?. The molecule has 0 aromatic heterocycles. The van der Waals surface area contributed by atoms with Gasteiger partial charge in [-0.25, -0.2) is 0 Å². The molecule has 1 aromatic carbocycles. The zero-order valence-corrected chi connectivity index (χ0v) is 13.2. The molecule has 21 heavy (non-hydrogen) atoms. The summed E-state index contributed by atoms with van der Waals surface area (Å²) in [7, 11) is 0. The third kappa shape index (κ3) is 3.60. The van der Waals surface area contributed by atoms with Crippen molar-refractivity contribution >= 4 is 17.3 Å². The van der Waals surface area contributed by atoms with E-state index in [2.05, 4.69) is 18.8 Å². The molecule has 1 aliphatic rings. The van der Waals surface area contributed by atoms with Gasteiger partial charge in [0.2, 0.25) is 0 Å². The minimum atomic E-state index is -0.106. The highest BCUT2D eigenvalue weighted by molar-refractivity contribution is 6.28. The van der Waals surface area contributed by atoms with Crippen molar-refractivity contribution in [2.75, 3.05) is 0 Å². The van der Waals surface area contributed by atoms with Gasteiger partial charge in [-0.05, 0) is 25.7 Å². The Bertz CT molecular complexity index is 595. The average Bonchev–Trinajstić information content (AvgIpc) is 2.36. The molecule has 0 unspecified atom stereocenters. The lowest BCUT2D eigenvalue weighted by molar-refractivity contribution is -0.117. The third-order valence-corrected chi connectivity index (χ3v) is 3.55. The molecule has 1 fully saturated rings. The Morgan fingerprint density at radius 2 is 1.81 bits per heavy atom. The van der Waals surface area contributed by atoms with Gasteiger partial charge in [0.1, 0.15) is 5.76 Å². The van der Waals surface area contributed by atoms with E-state index in [1.807, 2.05) is 44.2 Å². The van der Waals surface area contributed by atoms with E-state index in [9.17, 15) is 9.90 Å². The topological polar surface area (TPSA) is 49.7 Å². The van der Waals surface area contributed by atoms with Crippen LogP contribution in [0.5, 0.6) is 0 Å². The number of nitrogens with zero attached hydrogens (tertiary/aromatic N) is 1. The van der Waals surface area contributed by atoms with E-state index in [-0.39, 0.29) is 23.0 Å². The summed E-state index contributed by atoms with van der Waals surface area (Å²) in [6, 6.07) is 9.30. The van der Waals surface area contributed by atoms with E-state index in [1.165, 1.54) is 0 Å². The summed E-state index contributed by atoms with van der Waals surface area (Å²) < 4.78 is 0. The van der Waals surface area contributed by atoms with Crippen LogP contribution in [0, 0.1) is 5.41 Å². The number of allylic oxidation sites excluding steroid dienone is 1. The van der Waals surface area contributed by atoms with Gasteiger partial charge >= 0.3 is 0 Å². The highest BCUT2D eigenvalue weighted by atomic mass is 16.3. The Labute approximate surface area is 126 Å². The van der Waals surface area contributed by atoms with Crippen molar-refractivity contribution in [2.24, 2.45) is 10.4 Å². The van der Waals surface area contributed by atoms with E-state index < -0.39 is 0 Å². The Kier molecular flexibility index (Phi) is 4.31. The minimum Gasteiger partial charge on any atom is -0.506 e. The van der Waals surface area contributed by atoms with Crippen LogP contribution in [0.3, 0.4) is 0 Å². The third-order valence-electron chi connectivity index (χ3n) is 3.55. The molecule has 0 bridgehead atoms. The Morgan fingerprint density at radius 1 is 1.19 bits per heavy atom. The molecule has 3 heteroatoms. The summed E-state index contributed by atoms with van der Waals surface area (Å²) in [5, 5.41) is 10.5. The van der Waals surface area contributed by atoms with Gasteiger partial charge in [-0.1, -0.05) is 44.2 Å². The summed E-state index contributed by atoms with van der Waals surface area (Å²) >= 11 is 0. The molecule has 0 aliphatic heterocycles. The molecule has 112 valence electrons. The Hall–Kier alpha value is -1.90. The van der Waals surface area contributed by atoms with Crippen molar-refractivity contribution in [3.8, 4) is 0 Å². The first-order chi connectivity index (χ1) is 9.80. The predicted molar refractivity (Wildman–Crippen MR) is 86.6 cm³/mol. The zero-order chi connectivity index (χ0) is 15.6. The molecule has 0 radical (unpaired) electrons. The van der Waals surface area contributed by atoms with Crippen LogP contribution in [0.25, 0.3) is 5.76 Å². The minimum absolute atomic E-state index is 0.0213. The van der Waals surface area contributed by atoms with Crippen LogP contribution >= 0.6 is 0 Å². The maximum Gasteiger partial charge on any atom is 0.168 e. The fraction of sp³-hybridized carbons (Fsp3) is 0.444. The van der Waals surface area contributed by atoms with Crippen LogP contribution in [0.4, 0.5) is 0 Å². The van der Waals surface area contributed by atoms with E-state index in [4.69, 9.17) is 0 Å². The molecule has 0 atom stereocenters. The molecule has 0 spiro atoms. The molecule has 2 rings (SSSR count). The molecule has 0 amide bonds. The Morgan fingerprint density at radius 3 is 2.38 bits per heavy atom. The van der Waals surface area contributed by atoms with Gasteiger partial charge < -0.3 is 5.11 Å². The highest BCUT2D eigenvalue weighted by Crippen LogP contribution is 2.36. The van der Waals surface area contributed by atoms with Gasteiger partial charge in [-0.15, -0.1) is 0 Å².